The SMILES string of the molecule is CCS(=O)(=O)c1ccc(CNC(O)c2cc3c(s2)C2(CCN(C(C)c4cnc(C(F)(F)F)nc4)CC2)O[C@H](C)C3)nc1. The first-order valence-corrected chi connectivity index (χ1v) is 16.3. The van der Waals surface area contributed by atoms with Crippen LogP contribution >= 0.6 is 11.3 Å². The zero-order valence-corrected chi connectivity index (χ0v) is 25.2. The van der Waals surface area contributed by atoms with Gasteiger partial charge in [-0.3, -0.25) is 15.2 Å². The Morgan fingerprint density at radius 1 is 1.19 bits per heavy atom. The number of hydrogen-bond donors (Lipinski definition) is 2. The molecule has 2 N–H and O–H groups in total. The van der Waals surface area contributed by atoms with Crippen molar-refractivity contribution in [2.45, 2.75) is 81.6 Å². The Morgan fingerprint density at radius 3 is 2.48 bits per heavy atom. The molecule has 1 spiro atoms. The van der Waals surface area contributed by atoms with Gasteiger partial charge in [0, 0.05) is 59.6 Å². The summed E-state index contributed by atoms with van der Waals surface area (Å²) >= 11 is 1.52. The maximum absolute atomic E-state index is 12.9. The molecule has 3 atom stereocenters. The third kappa shape index (κ3) is 6.38. The van der Waals surface area contributed by atoms with E-state index in [9.17, 15) is 26.7 Å². The van der Waals surface area contributed by atoms with Gasteiger partial charge in [-0.2, -0.15) is 13.2 Å². The van der Waals surface area contributed by atoms with Crippen molar-refractivity contribution in [3.05, 3.63) is 69.2 Å². The van der Waals surface area contributed by atoms with E-state index in [1.165, 1.54) is 36.0 Å². The van der Waals surface area contributed by atoms with E-state index in [0.717, 1.165) is 21.7 Å². The van der Waals surface area contributed by atoms with Crippen LogP contribution in [0.2, 0.25) is 0 Å². The maximum atomic E-state index is 12.9. The van der Waals surface area contributed by atoms with Crippen LogP contribution < -0.4 is 5.32 Å². The van der Waals surface area contributed by atoms with Gasteiger partial charge in [0.05, 0.1) is 22.4 Å². The highest BCUT2D eigenvalue weighted by atomic mass is 32.2. The fraction of sp³-hybridized carbons (Fsp3) is 0.536. The molecule has 0 amide bonds. The normalized spacial score (nSPS) is 20.8. The Bertz CT molecular complexity index is 1490. The molecule has 228 valence electrons. The van der Waals surface area contributed by atoms with Crippen LogP contribution in [0, 0.1) is 0 Å². The van der Waals surface area contributed by atoms with Crippen molar-refractivity contribution in [1.29, 1.82) is 0 Å². The number of alkyl halides is 3. The van der Waals surface area contributed by atoms with E-state index >= 15 is 0 Å². The fourth-order valence-corrected chi connectivity index (χ4v) is 7.77. The number of rotatable bonds is 8. The standard InChI is InChI=1S/C28H34F3N5O4S2/c1-4-42(38,39)22-6-5-21(32-16-22)15-33-25(37)23-12-19-11-17(2)40-27(24(19)41-23)7-9-36(10-8-27)18(3)20-13-34-26(35-14-20)28(29,30)31/h5-6,12-14,16-18,25,33,37H,4,7-11,15H2,1-3H3/t17-,18?,25?/m1/s1. The molecule has 2 aliphatic heterocycles. The predicted molar refractivity (Wildman–Crippen MR) is 150 cm³/mol. The second kappa shape index (κ2) is 11.9. The summed E-state index contributed by atoms with van der Waals surface area (Å²) in [5, 5.41) is 14.0. The average Bonchev–Trinajstić information content (AvgIpc) is 3.41. The monoisotopic (exact) mass is 625 g/mol. The van der Waals surface area contributed by atoms with Crippen LogP contribution in [0.25, 0.3) is 0 Å². The minimum atomic E-state index is -4.57. The first-order chi connectivity index (χ1) is 19.8. The molecule has 5 rings (SSSR count). The number of sulfone groups is 1. The van der Waals surface area contributed by atoms with E-state index in [1.54, 1.807) is 13.0 Å². The smallest absolute Gasteiger partial charge is 0.373 e. The topological polar surface area (TPSA) is 118 Å². The second-order valence-electron chi connectivity index (χ2n) is 10.9. The molecule has 1 fully saturated rings. The van der Waals surface area contributed by atoms with E-state index in [2.05, 4.69) is 25.2 Å². The Morgan fingerprint density at radius 2 is 1.88 bits per heavy atom. The van der Waals surface area contributed by atoms with E-state index in [-0.39, 0.29) is 29.3 Å². The van der Waals surface area contributed by atoms with Gasteiger partial charge in [-0.05, 0) is 56.9 Å². The van der Waals surface area contributed by atoms with Crippen molar-refractivity contribution >= 4 is 21.2 Å². The van der Waals surface area contributed by atoms with Gasteiger partial charge in [-0.25, -0.2) is 18.4 Å². The first-order valence-electron chi connectivity index (χ1n) is 13.8. The minimum Gasteiger partial charge on any atom is -0.373 e. The molecule has 0 radical (unpaired) electrons. The number of fused-ring (bicyclic) bond motifs is 2. The number of thiophene rings is 1. The molecule has 0 saturated carbocycles. The number of nitrogens with zero attached hydrogens (tertiary/aromatic N) is 4. The third-order valence-electron chi connectivity index (χ3n) is 8.02. The molecule has 14 heteroatoms. The Balaban J connectivity index is 1.25. The molecule has 2 aliphatic rings. The zero-order chi connectivity index (χ0) is 30.3. The number of hydrogen-bond acceptors (Lipinski definition) is 10. The van der Waals surface area contributed by atoms with Gasteiger partial charge in [0.1, 0.15) is 11.8 Å². The highest BCUT2D eigenvalue weighted by Crippen LogP contribution is 2.48. The summed E-state index contributed by atoms with van der Waals surface area (Å²) in [7, 11) is -3.33. The van der Waals surface area contributed by atoms with Crippen LogP contribution in [0.4, 0.5) is 13.2 Å². The molecule has 0 aromatic carbocycles. The van der Waals surface area contributed by atoms with Gasteiger partial charge in [0.25, 0.3) is 0 Å². The summed E-state index contributed by atoms with van der Waals surface area (Å²) in [6.45, 7) is 7.18. The number of piperidine rings is 1. The molecular weight excluding hydrogens is 591 g/mol. The highest BCUT2D eigenvalue weighted by molar-refractivity contribution is 7.91. The predicted octanol–water partition coefficient (Wildman–Crippen LogP) is 4.54. The number of pyridine rings is 1. The van der Waals surface area contributed by atoms with Crippen LogP contribution in [0.3, 0.4) is 0 Å². The fourth-order valence-electron chi connectivity index (χ4n) is 5.61. The number of aliphatic hydroxyl groups is 1. The second-order valence-corrected chi connectivity index (χ2v) is 14.2. The van der Waals surface area contributed by atoms with E-state index in [1.807, 2.05) is 19.9 Å². The molecule has 0 aliphatic carbocycles. The molecule has 2 unspecified atom stereocenters. The van der Waals surface area contributed by atoms with E-state index in [4.69, 9.17) is 4.74 Å². The average molecular weight is 626 g/mol. The Kier molecular flexibility index (Phi) is 8.76. The number of nitrogens with one attached hydrogen (secondary N) is 1. The number of ether oxygens (including phenoxy) is 1. The van der Waals surface area contributed by atoms with Crippen LogP contribution in [-0.4, -0.2) is 58.3 Å². The quantitative estimate of drug-likeness (QED) is 0.348. The van der Waals surface area contributed by atoms with Gasteiger partial charge < -0.3 is 9.84 Å². The molecule has 5 heterocycles. The molecular formula is C28H34F3N5O4S2. The third-order valence-corrected chi connectivity index (χ3v) is 11.2. The lowest BCUT2D eigenvalue weighted by Crippen LogP contribution is -2.48. The molecule has 3 aromatic heterocycles. The molecule has 9 nitrogen and oxygen atoms in total. The first kappa shape index (κ1) is 31.0. The highest BCUT2D eigenvalue weighted by Gasteiger charge is 2.45. The minimum absolute atomic E-state index is 0.000507. The largest absolute Gasteiger partial charge is 0.451 e. The van der Waals surface area contributed by atoms with Crippen LogP contribution in [0.5, 0.6) is 0 Å². The van der Waals surface area contributed by atoms with Crippen LogP contribution in [0.15, 0.2) is 41.7 Å². The molecule has 0 bridgehead atoms. The molecule has 1 saturated heterocycles. The van der Waals surface area contributed by atoms with Crippen LogP contribution in [0.1, 0.15) is 78.3 Å². The van der Waals surface area contributed by atoms with Gasteiger partial charge in [0.15, 0.2) is 9.84 Å². The summed E-state index contributed by atoms with van der Waals surface area (Å²) in [4.78, 5) is 15.5. The van der Waals surface area contributed by atoms with Gasteiger partial charge in [0.2, 0.25) is 5.82 Å². The lowest BCUT2D eigenvalue weighted by molar-refractivity contribution is -0.145. The van der Waals surface area contributed by atoms with Crippen molar-refractivity contribution < 1.29 is 31.4 Å². The number of likely N-dealkylation sites (tertiary alicyclic amines) is 1. The van der Waals surface area contributed by atoms with Gasteiger partial charge >= 0.3 is 6.18 Å². The maximum Gasteiger partial charge on any atom is 0.451 e. The van der Waals surface area contributed by atoms with E-state index < -0.39 is 33.7 Å². The van der Waals surface area contributed by atoms with Crippen molar-refractivity contribution in [2.75, 3.05) is 18.8 Å². The molecule has 42 heavy (non-hydrogen) atoms. The summed E-state index contributed by atoms with van der Waals surface area (Å²) in [5.74, 6) is -1.14. The van der Waals surface area contributed by atoms with Crippen molar-refractivity contribution in [3.8, 4) is 0 Å². The zero-order valence-electron chi connectivity index (χ0n) is 23.6. The summed E-state index contributed by atoms with van der Waals surface area (Å²) in [6, 6.07) is 5.04. The Labute approximate surface area is 247 Å². The van der Waals surface area contributed by atoms with Gasteiger partial charge in [-0.15, -0.1) is 11.3 Å². The summed E-state index contributed by atoms with van der Waals surface area (Å²) < 4.78 is 69.2. The van der Waals surface area contributed by atoms with Crippen LogP contribution in [-0.2, 0) is 39.3 Å². The Hall–Kier alpha value is -2.49. The lowest BCUT2D eigenvalue weighted by Gasteiger charge is -2.47. The van der Waals surface area contributed by atoms with Crippen molar-refractivity contribution in [3.63, 3.8) is 0 Å². The number of aliphatic hydroxyl groups excluding tert-OH is 1. The number of halogens is 3. The van der Waals surface area contributed by atoms with Crippen molar-refractivity contribution in [1.82, 2.24) is 25.2 Å². The number of aromatic nitrogens is 3. The van der Waals surface area contributed by atoms with E-state index in [0.29, 0.717) is 37.2 Å². The molecule has 3 aromatic rings. The lowest BCUT2D eigenvalue weighted by atomic mass is 9.83. The van der Waals surface area contributed by atoms with Crippen molar-refractivity contribution in [2.24, 2.45) is 0 Å². The van der Waals surface area contributed by atoms with Gasteiger partial charge in [-0.1, -0.05) is 6.92 Å². The summed E-state index contributed by atoms with van der Waals surface area (Å²) in [5.41, 5.74) is 1.89. The summed E-state index contributed by atoms with van der Waals surface area (Å²) in [6.07, 6.45) is 0.472.